The summed E-state index contributed by atoms with van der Waals surface area (Å²) in [4.78, 5) is 33.9. The third kappa shape index (κ3) is 8.99. The second-order valence-corrected chi connectivity index (χ2v) is 11.6. The number of nitrogens with one attached hydrogen (secondary N) is 3. The number of amides is 3. The molecule has 0 saturated carbocycles. The lowest BCUT2D eigenvalue weighted by atomic mass is 10.2. The van der Waals surface area contributed by atoms with Crippen molar-refractivity contribution in [2.75, 3.05) is 43.4 Å². The van der Waals surface area contributed by atoms with Gasteiger partial charge in [-0.05, 0) is 54.6 Å². The van der Waals surface area contributed by atoms with Gasteiger partial charge in [-0.2, -0.15) is 5.10 Å². The summed E-state index contributed by atoms with van der Waals surface area (Å²) in [6.07, 6.45) is 1.43. The van der Waals surface area contributed by atoms with Gasteiger partial charge in [-0.3, -0.25) is 14.6 Å². The van der Waals surface area contributed by atoms with Crippen molar-refractivity contribution in [3.05, 3.63) is 93.4 Å². The minimum Gasteiger partial charge on any atom is -0.507 e. The Morgan fingerprint density at radius 2 is 1.60 bits per heavy atom. The molecule has 0 bridgehead atoms. The number of halogens is 2. The van der Waals surface area contributed by atoms with E-state index in [-0.39, 0.29) is 18.2 Å². The lowest BCUT2D eigenvalue weighted by Crippen LogP contribution is -2.48. The number of urea groups is 1. The number of rotatable bonds is 9. The summed E-state index contributed by atoms with van der Waals surface area (Å²) < 4.78 is 0. The third-order valence-electron chi connectivity index (χ3n) is 6.61. The van der Waals surface area contributed by atoms with Crippen LogP contribution in [0.4, 0.5) is 16.2 Å². The Labute approximate surface area is 262 Å². The van der Waals surface area contributed by atoms with Gasteiger partial charge in [0.2, 0.25) is 0 Å². The van der Waals surface area contributed by atoms with Gasteiger partial charge >= 0.3 is 6.03 Å². The number of aromatic hydroxyl groups is 1. The number of thiazole rings is 1. The largest absolute Gasteiger partial charge is 0.507 e. The van der Waals surface area contributed by atoms with Crippen molar-refractivity contribution in [3.8, 4) is 16.3 Å². The maximum absolute atomic E-state index is 12.4. The molecule has 222 valence electrons. The predicted molar refractivity (Wildman–Crippen MR) is 172 cm³/mol. The lowest BCUT2D eigenvalue weighted by molar-refractivity contribution is -0.122. The molecule has 2 heterocycles. The maximum atomic E-state index is 12.4. The highest BCUT2D eigenvalue weighted by Crippen LogP contribution is 2.26. The van der Waals surface area contributed by atoms with Gasteiger partial charge in [-0.1, -0.05) is 35.3 Å². The summed E-state index contributed by atoms with van der Waals surface area (Å²) in [5.41, 5.74) is 6.16. The van der Waals surface area contributed by atoms with Crippen LogP contribution < -0.4 is 16.1 Å². The standard InChI is InChI=1S/C30H29Cl2N7O3S/c31-22-13-23(32)15-25(14-22)36-30(42)35-24-7-5-20(6-8-24)29-34-26(19-43-29)17-38-9-11-39(12-10-38)18-28(41)37-33-16-21-3-1-2-4-27(21)40/h1-8,13-16,19,40H,9-12,17-18H2,(H,37,41)(H2,35,36,42)/b33-16+. The Morgan fingerprint density at radius 3 is 2.33 bits per heavy atom. The number of phenols is 1. The van der Waals surface area contributed by atoms with Crippen molar-refractivity contribution in [3.63, 3.8) is 0 Å². The summed E-state index contributed by atoms with van der Waals surface area (Å²) in [5.74, 6) is -0.0878. The van der Waals surface area contributed by atoms with Gasteiger partial charge in [-0.15, -0.1) is 11.3 Å². The fourth-order valence-electron chi connectivity index (χ4n) is 4.47. The van der Waals surface area contributed by atoms with Crippen LogP contribution in [0.25, 0.3) is 10.6 Å². The highest BCUT2D eigenvalue weighted by molar-refractivity contribution is 7.13. The van der Waals surface area contributed by atoms with Crippen molar-refractivity contribution in [2.24, 2.45) is 5.10 Å². The number of phenolic OH excluding ortho intramolecular Hbond substituents is 1. The van der Waals surface area contributed by atoms with Crippen molar-refractivity contribution in [1.82, 2.24) is 20.2 Å². The molecule has 4 N–H and O–H groups in total. The molecule has 1 aliphatic rings. The zero-order valence-corrected chi connectivity index (χ0v) is 25.3. The zero-order valence-electron chi connectivity index (χ0n) is 23.0. The number of hydrogen-bond donors (Lipinski definition) is 4. The van der Waals surface area contributed by atoms with E-state index in [0.717, 1.165) is 49.0 Å². The molecule has 3 amide bonds. The van der Waals surface area contributed by atoms with Crippen LogP contribution in [0.3, 0.4) is 0 Å². The van der Waals surface area contributed by atoms with E-state index in [4.69, 9.17) is 28.2 Å². The van der Waals surface area contributed by atoms with Crippen LogP contribution >= 0.6 is 34.5 Å². The Hall–Kier alpha value is -4.00. The summed E-state index contributed by atoms with van der Waals surface area (Å²) in [7, 11) is 0. The van der Waals surface area contributed by atoms with E-state index in [1.165, 1.54) is 6.21 Å². The van der Waals surface area contributed by atoms with Gasteiger partial charge in [0.1, 0.15) is 10.8 Å². The van der Waals surface area contributed by atoms with Crippen LogP contribution in [0, 0.1) is 0 Å². The number of anilines is 2. The fourth-order valence-corrected chi connectivity index (χ4v) is 5.81. The van der Waals surface area contributed by atoms with Crippen LogP contribution in [0.5, 0.6) is 5.75 Å². The van der Waals surface area contributed by atoms with Gasteiger partial charge in [0.15, 0.2) is 0 Å². The van der Waals surface area contributed by atoms with E-state index < -0.39 is 6.03 Å². The topological polar surface area (TPSA) is 122 Å². The number of piperazine rings is 1. The molecule has 0 unspecified atom stereocenters. The molecule has 43 heavy (non-hydrogen) atoms. The molecule has 0 aliphatic carbocycles. The average molecular weight is 639 g/mol. The molecule has 4 aromatic rings. The highest BCUT2D eigenvalue weighted by Gasteiger charge is 2.20. The summed E-state index contributed by atoms with van der Waals surface area (Å²) in [6, 6.07) is 18.7. The molecule has 5 rings (SSSR count). The lowest BCUT2D eigenvalue weighted by Gasteiger charge is -2.33. The monoisotopic (exact) mass is 637 g/mol. The van der Waals surface area contributed by atoms with Crippen molar-refractivity contribution in [1.29, 1.82) is 0 Å². The van der Waals surface area contributed by atoms with Gasteiger partial charge in [0.25, 0.3) is 5.91 Å². The molecule has 1 aliphatic heterocycles. The van der Waals surface area contributed by atoms with Crippen molar-refractivity contribution in [2.45, 2.75) is 6.54 Å². The number of aromatic nitrogens is 1. The Balaban J connectivity index is 1.05. The van der Waals surface area contributed by atoms with Gasteiger partial charge in [0.05, 0.1) is 18.5 Å². The smallest absolute Gasteiger partial charge is 0.323 e. The number of para-hydroxylation sites is 1. The molecule has 10 nitrogen and oxygen atoms in total. The molecule has 0 atom stereocenters. The maximum Gasteiger partial charge on any atom is 0.323 e. The first-order valence-corrected chi connectivity index (χ1v) is 15.1. The predicted octanol–water partition coefficient (Wildman–Crippen LogP) is 5.73. The van der Waals surface area contributed by atoms with Crippen molar-refractivity contribution >= 4 is 64.1 Å². The number of hydrogen-bond acceptors (Lipinski definition) is 8. The van der Waals surface area contributed by atoms with Crippen LogP contribution in [0.15, 0.2) is 77.2 Å². The molecule has 0 radical (unpaired) electrons. The molecule has 0 spiro atoms. The number of carbonyl (C=O) groups is 2. The quantitative estimate of drug-likeness (QED) is 0.137. The SMILES string of the molecule is O=C(CN1CCN(Cc2csc(-c3ccc(NC(=O)Nc4cc(Cl)cc(Cl)c4)cc3)n2)CC1)N/N=C/c1ccccc1O. The first-order chi connectivity index (χ1) is 20.8. The Morgan fingerprint density at radius 1 is 0.930 bits per heavy atom. The van der Waals surface area contributed by atoms with Crippen LogP contribution in [-0.4, -0.2) is 70.8 Å². The van der Waals surface area contributed by atoms with Gasteiger partial charge in [-0.25, -0.2) is 15.2 Å². The van der Waals surface area contributed by atoms with Crippen molar-refractivity contribution < 1.29 is 14.7 Å². The second kappa shape index (κ2) is 14.5. The average Bonchev–Trinajstić information content (AvgIpc) is 3.43. The Bertz CT molecular complexity index is 1590. The van der Waals surface area contributed by atoms with Crippen LogP contribution in [0.2, 0.25) is 10.0 Å². The minimum absolute atomic E-state index is 0.109. The third-order valence-corrected chi connectivity index (χ3v) is 7.99. The first-order valence-electron chi connectivity index (χ1n) is 13.4. The molecule has 3 aromatic carbocycles. The number of benzene rings is 3. The fraction of sp³-hybridized carbons (Fsp3) is 0.200. The number of nitrogens with zero attached hydrogens (tertiary/aromatic N) is 4. The summed E-state index contributed by atoms with van der Waals surface area (Å²) in [6.45, 7) is 4.17. The van der Waals surface area contributed by atoms with Crippen LogP contribution in [-0.2, 0) is 11.3 Å². The van der Waals surface area contributed by atoms with E-state index in [1.54, 1.807) is 53.8 Å². The van der Waals surface area contributed by atoms with Gasteiger partial charge < -0.3 is 15.7 Å². The van der Waals surface area contributed by atoms with Gasteiger partial charge in [0, 0.05) is 70.7 Å². The molecular weight excluding hydrogens is 609 g/mol. The number of carbonyl (C=O) groups excluding carboxylic acids is 2. The molecule has 1 fully saturated rings. The van der Waals surface area contributed by atoms with E-state index in [0.29, 0.717) is 27.0 Å². The van der Waals surface area contributed by atoms with Crippen LogP contribution in [0.1, 0.15) is 11.3 Å². The normalized spacial score (nSPS) is 14.1. The Kier molecular flexibility index (Phi) is 10.2. The van der Waals surface area contributed by atoms with E-state index in [2.05, 4.69) is 36.3 Å². The summed E-state index contributed by atoms with van der Waals surface area (Å²) in [5, 5.41) is 23.1. The molecular formula is C30H29Cl2N7O3S. The van der Waals surface area contributed by atoms with E-state index in [1.807, 2.05) is 24.3 Å². The zero-order chi connectivity index (χ0) is 30.2. The highest BCUT2D eigenvalue weighted by atomic mass is 35.5. The molecule has 13 heteroatoms. The second-order valence-electron chi connectivity index (χ2n) is 9.86. The molecule has 1 saturated heterocycles. The minimum atomic E-state index is -0.402. The van der Waals surface area contributed by atoms with E-state index in [9.17, 15) is 14.7 Å². The first kappa shape index (κ1) is 30.5. The number of hydrazone groups is 1. The molecule has 1 aromatic heterocycles. The van der Waals surface area contributed by atoms with E-state index >= 15 is 0 Å². The summed E-state index contributed by atoms with van der Waals surface area (Å²) >= 11 is 13.6.